The van der Waals surface area contributed by atoms with E-state index in [0.717, 1.165) is 43.2 Å². The number of hydrogen-bond donors (Lipinski definition) is 3. The highest BCUT2D eigenvalue weighted by molar-refractivity contribution is 7.98. The van der Waals surface area contributed by atoms with E-state index in [9.17, 15) is 5.11 Å². The third kappa shape index (κ3) is 6.19. The molecule has 1 unspecified atom stereocenters. The number of thioether (sulfide) groups is 1. The van der Waals surface area contributed by atoms with Gasteiger partial charge in [-0.1, -0.05) is 23.7 Å². The number of aliphatic hydroxyl groups is 1. The maximum atomic E-state index is 9.63. The highest BCUT2D eigenvalue weighted by Gasteiger charge is 2.20. The van der Waals surface area contributed by atoms with Crippen molar-refractivity contribution in [3.8, 4) is 0 Å². The zero-order chi connectivity index (χ0) is 17.4. The smallest absolute Gasteiger partial charge is 0.191 e. The van der Waals surface area contributed by atoms with Crippen LogP contribution in [0.1, 0.15) is 43.4 Å². The van der Waals surface area contributed by atoms with E-state index in [1.54, 1.807) is 11.8 Å². The summed E-state index contributed by atoms with van der Waals surface area (Å²) in [5, 5.41) is 17.5. The second kappa shape index (κ2) is 10.2. The fraction of sp³-hybridized carbons (Fsp3) is 0.611. The Labute approximate surface area is 154 Å². The quantitative estimate of drug-likeness (QED) is 0.529. The molecule has 0 spiro atoms. The molecule has 0 aliphatic heterocycles. The molecule has 0 saturated heterocycles. The first-order valence-electron chi connectivity index (χ1n) is 8.63. The lowest BCUT2D eigenvalue weighted by Crippen LogP contribution is -2.45. The second-order valence-electron chi connectivity index (χ2n) is 6.15. The highest BCUT2D eigenvalue weighted by atomic mass is 35.5. The minimum absolute atomic E-state index is 0.133. The molecule has 0 amide bonds. The number of hydrogen-bond acceptors (Lipinski definition) is 3. The first-order valence-corrected chi connectivity index (χ1v) is 10.3. The van der Waals surface area contributed by atoms with E-state index < -0.39 is 0 Å². The van der Waals surface area contributed by atoms with Gasteiger partial charge in [-0.2, -0.15) is 11.8 Å². The van der Waals surface area contributed by atoms with E-state index in [1.807, 2.05) is 18.2 Å². The summed E-state index contributed by atoms with van der Waals surface area (Å²) >= 11 is 7.89. The summed E-state index contributed by atoms with van der Waals surface area (Å²) in [6.07, 6.45) is 5.69. The molecule has 0 bridgehead atoms. The van der Waals surface area contributed by atoms with Crippen LogP contribution in [0.4, 0.5) is 0 Å². The Morgan fingerprint density at radius 2 is 2.12 bits per heavy atom. The normalized spacial score (nSPS) is 22.9. The summed E-state index contributed by atoms with van der Waals surface area (Å²) < 4.78 is 0. The van der Waals surface area contributed by atoms with Crippen LogP contribution in [0.5, 0.6) is 0 Å². The fourth-order valence-electron chi connectivity index (χ4n) is 2.93. The summed E-state index contributed by atoms with van der Waals surface area (Å²) in [6, 6.07) is 8.40. The van der Waals surface area contributed by atoms with Gasteiger partial charge < -0.3 is 15.7 Å². The summed E-state index contributed by atoms with van der Waals surface area (Å²) in [5.41, 5.74) is 1.20. The summed E-state index contributed by atoms with van der Waals surface area (Å²) in [5.74, 6) is 0.861. The Morgan fingerprint density at radius 1 is 1.38 bits per heavy atom. The summed E-state index contributed by atoms with van der Waals surface area (Å²) in [4.78, 5) is 4.77. The number of aliphatic imine (C=N–C) groups is 1. The van der Waals surface area contributed by atoms with Gasteiger partial charge >= 0.3 is 0 Å². The SMILES string of the molecule is CCNC(=NCC(SC)c1cccc(Cl)c1)NC1CCC(O)CC1. The lowest BCUT2D eigenvalue weighted by Gasteiger charge is -2.27. The van der Waals surface area contributed by atoms with Gasteiger partial charge in [0, 0.05) is 22.9 Å². The van der Waals surface area contributed by atoms with E-state index in [1.165, 1.54) is 5.56 Å². The van der Waals surface area contributed by atoms with Gasteiger partial charge in [-0.3, -0.25) is 4.99 Å². The Balaban J connectivity index is 1.98. The molecule has 1 aliphatic carbocycles. The molecule has 1 aliphatic rings. The lowest BCUT2D eigenvalue weighted by molar-refractivity contribution is 0.120. The molecular weight excluding hydrogens is 342 g/mol. The van der Waals surface area contributed by atoms with E-state index in [4.69, 9.17) is 16.6 Å². The van der Waals surface area contributed by atoms with Gasteiger partial charge in [-0.25, -0.2) is 0 Å². The van der Waals surface area contributed by atoms with Crippen LogP contribution in [0.2, 0.25) is 5.02 Å². The van der Waals surface area contributed by atoms with Crippen molar-refractivity contribution >= 4 is 29.3 Å². The van der Waals surface area contributed by atoms with Gasteiger partial charge in [0.25, 0.3) is 0 Å². The number of nitrogens with one attached hydrogen (secondary N) is 2. The van der Waals surface area contributed by atoms with Crippen molar-refractivity contribution in [1.29, 1.82) is 0 Å². The van der Waals surface area contributed by atoms with E-state index in [0.29, 0.717) is 12.6 Å². The van der Waals surface area contributed by atoms with Crippen LogP contribution in [0.15, 0.2) is 29.3 Å². The van der Waals surface area contributed by atoms with Gasteiger partial charge in [0.1, 0.15) is 0 Å². The molecule has 0 heterocycles. The molecule has 2 rings (SSSR count). The van der Waals surface area contributed by atoms with Crippen LogP contribution < -0.4 is 10.6 Å². The van der Waals surface area contributed by atoms with Crippen molar-refractivity contribution in [1.82, 2.24) is 10.6 Å². The Kier molecular flexibility index (Phi) is 8.22. The maximum absolute atomic E-state index is 9.63. The van der Waals surface area contributed by atoms with Crippen molar-refractivity contribution in [3.63, 3.8) is 0 Å². The van der Waals surface area contributed by atoms with Crippen LogP contribution in [-0.4, -0.2) is 42.6 Å². The third-order valence-corrected chi connectivity index (χ3v) is 5.53. The molecule has 24 heavy (non-hydrogen) atoms. The average Bonchev–Trinajstić information content (AvgIpc) is 2.57. The topological polar surface area (TPSA) is 56.7 Å². The number of guanidine groups is 1. The Hall–Kier alpha value is -0.910. The number of halogens is 1. The lowest BCUT2D eigenvalue weighted by atomic mass is 9.93. The fourth-order valence-corrected chi connectivity index (χ4v) is 3.77. The van der Waals surface area contributed by atoms with Gasteiger partial charge in [-0.15, -0.1) is 0 Å². The largest absolute Gasteiger partial charge is 0.393 e. The molecule has 134 valence electrons. The second-order valence-corrected chi connectivity index (χ2v) is 7.63. The minimum Gasteiger partial charge on any atom is -0.393 e. The molecular formula is C18H28ClN3OS. The van der Waals surface area contributed by atoms with Crippen LogP contribution in [-0.2, 0) is 0 Å². The van der Waals surface area contributed by atoms with Gasteiger partial charge in [0.2, 0.25) is 0 Å². The molecule has 1 fully saturated rings. The molecule has 1 atom stereocenters. The summed E-state index contributed by atoms with van der Waals surface area (Å²) in [7, 11) is 0. The number of nitrogens with zero attached hydrogens (tertiary/aromatic N) is 1. The first-order chi connectivity index (χ1) is 11.6. The molecule has 1 aromatic carbocycles. The molecule has 0 aromatic heterocycles. The monoisotopic (exact) mass is 369 g/mol. The van der Waals surface area contributed by atoms with Crippen molar-refractivity contribution in [2.75, 3.05) is 19.3 Å². The van der Waals surface area contributed by atoms with Crippen LogP contribution in [0.25, 0.3) is 0 Å². The summed E-state index contributed by atoms with van der Waals surface area (Å²) in [6.45, 7) is 3.61. The average molecular weight is 370 g/mol. The number of rotatable bonds is 6. The van der Waals surface area contributed by atoms with Crippen molar-refractivity contribution in [2.24, 2.45) is 4.99 Å². The van der Waals surface area contributed by atoms with Crippen LogP contribution in [0, 0.1) is 0 Å². The van der Waals surface area contributed by atoms with E-state index in [2.05, 4.69) is 29.9 Å². The predicted octanol–water partition coefficient (Wildman–Crippen LogP) is 3.60. The van der Waals surface area contributed by atoms with E-state index in [-0.39, 0.29) is 11.4 Å². The molecule has 1 aromatic rings. The molecule has 0 radical (unpaired) electrons. The molecule has 6 heteroatoms. The molecule has 1 saturated carbocycles. The first kappa shape index (κ1) is 19.4. The minimum atomic E-state index is -0.133. The van der Waals surface area contributed by atoms with E-state index >= 15 is 0 Å². The number of aliphatic hydroxyl groups excluding tert-OH is 1. The third-order valence-electron chi connectivity index (χ3n) is 4.30. The number of benzene rings is 1. The van der Waals surface area contributed by atoms with Crippen molar-refractivity contribution in [2.45, 2.75) is 50.0 Å². The predicted molar refractivity (Wildman–Crippen MR) is 105 cm³/mol. The zero-order valence-electron chi connectivity index (χ0n) is 14.5. The van der Waals surface area contributed by atoms with Crippen molar-refractivity contribution < 1.29 is 5.11 Å². The standard InChI is InChI=1S/C18H28ClN3OS/c1-3-20-18(22-15-7-9-16(23)10-8-15)21-12-17(24-2)13-5-4-6-14(19)11-13/h4-6,11,15-17,23H,3,7-10,12H2,1-2H3,(H2,20,21,22). The Bertz CT molecular complexity index is 533. The van der Waals surface area contributed by atoms with Gasteiger partial charge in [0.05, 0.1) is 12.6 Å². The Morgan fingerprint density at radius 3 is 2.75 bits per heavy atom. The maximum Gasteiger partial charge on any atom is 0.191 e. The zero-order valence-corrected chi connectivity index (χ0v) is 16.0. The molecule has 4 nitrogen and oxygen atoms in total. The highest BCUT2D eigenvalue weighted by Crippen LogP contribution is 2.28. The molecule has 3 N–H and O–H groups in total. The van der Waals surface area contributed by atoms with Gasteiger partial charge in [0.15, 0.2) is 5.96 Å². The van der Waals surface area contributed by atoms with Gasteiger partial charge in [-0.05, 0) is 56.6 Å². The van der Waals surface area contributed by atoms with Crippen LogP contribution in [0.3, 0.4) is 0 Å². The van der Waals surface area contributed by atoms with Crippen LogP contribution >= 0.6 is 23.4 Å². The van der Waals surface area contributed by atoms with Crippen molar-refractivity contribution in [3.05, 3.63) is 34.9 Å².